The molecule has 0 atom stereocenters. The lowest BCUT2D eigenvalue weighted by atomic mass is 10.1. The van der Waals surface area contributed by atoms with Gasteiger partial charge in [-0.1, -0.05) is 48.5 Å². The second-order valence-electron chi connectivity index (χ2n) is 9.94. The molecule has 0 N–H and O–H groups in total. The Hall–Kier alpha value is -4.12. The highest BCUT2D eigenvalue weighted by Crippen LogP contribution is 2.42. The van der Waals surface area contributed by atoms with Gasteiger partial charge in [0.2, 0.25) is 0 Å². The highest BCUT2D eigenvalue weighted by molar-refractivity contribution is 7.25. The van der Waals surface area contributed by atoms with Crippen molar-refractivity contribution in [2.75, 3.05) is 0 Å². The van der Waals surface area contributed by atoms with Crippen LogP contribution in [0.1, 0.15) is 0 Å². The van der Waals surface area contributed by atoms with Gasteiger partial charge in [0.1, 0.15) is 0 Å². The first kappa shape index (κ1) is 21.9. The van der Waals surface area contributed by atoms with Crippen molar-refractivity contribution >= 4 is 66.3 Å². The van der Waals surface area contributed by atoms with Crippen molar-refractivity contribution in [1.82, 2.24) is 9.13 Å². The second kappa shape index (κ2) is 8.19. The molecule has 0 unspecified atom stereocenters. The molecule has 8 aromatic rings. The first-order valence-electron chi connectivity index (χ1n) is 12.8. The molecule has 0 aliphatic heterocycles. The van der Waals surface area contributed by atoms with Gasteiger partial charge in [0.25, 0.3) is 0 Å². The van der Waals surface area contributed by atoms with Crippen LogP contribution in [-0.2, 0) is 14.1 Å². The lowest BCUT2D eigenvalue weighted by Crippen LogP contribution is -1.85. The Morgan fingerprint density at radius 3 is 1.26 bits per heavy atom. The third-order valence-corrected chi connectivity index (χ3v) is 10.3. The van der Waals surface area contributed by atoms with Crippen LogP contribution >= 0.6 is 22.7 Å². The molecule has 0 saturated heterocycles. The lowest BCUT2D eigenvalue weighted by molar-refractivity contribution is 1.01. The maximum absolute atomic E-state index is 2.35. The number of rotatable bonds is 3. The smallest absolute Gasteiger partial charge is 0.0489 e. The summed E-state index contributed by atoms with van der Waals surface area (Å²) in [6.07, 6.45) is 0. The highest BCUT2D eigenvalue weighted by Gasteiger charge is 2.14. The maximum Gasteiger partial charge on any atom is 0.0489 e. The van der Waals surface area contributed by atoms with E-state index in [0.29, 0.717) is 0 Å². The fraction of sp³-hybridized carbons (Fsp3) is 0.0588. The highest BCUT2D eigenvalue weighted by atomic mass is 32.1. The summed E-state index contributed by atoms with van der Waals surface area (Å²) in [5.74, 6) is 0. The first-order valence-corrected chi connectivity index (χ1v) is 14.4. The molecular weight excluding hydrogens is 501 g/mol. The standard InChI is InChI=1S/C34H24N2S2/c1-35-27-9-5-3-7-23(27)25-19-21(11-13-29(25)35)31-15-17-33(37-31)34-18-16-32(38-34)22-12-14-30-26(20-22)24-8-4-6-10-28(24)36(30)2/h3-20H,1-2H3. The number of benzene rings is 4. The topological polar surface area (TPSA) is 9.86 Å². The van der Waals surface area contributed by atoms with Gasteiger partial charge in [-0.3, -0.25) is 0 Å². The van der Waals surface area contributed by atoms with Gasteiger partial charge in [-0.25, -0.2) is 0 Å². The van der Waals surface area contributed by atoms with E-state index < -0.39 is 0 Å². The first-order chi connectivity index (χ1) is 18.7. The summed E-state index contributed by atoms with van der Waals surface area (Å²) in [5.41, 5.74) is 7.67. The minimum atomic E-state index is 1.28. The number of aromatic nitrogens is 2. The van der Waals surface area contributed by atoms with Crippen LogP contribution < -0.4 is 0 Å². The Morgan fingerprint density at radius 2 is 0.789 bits per heavy atom. The fourth-order valence-corrected chi connectivity index (χ4v) is 7.99. The van der Waals surface area contributed by atoms with Gasteiger partial charge >= 0.3 is 0 Å². The van der Waals surface area contributed by atoms with E-state index in [1.165, 1.54) is 74.2 Å². The lowest BCUT2D eigenvalue weighted by Gasteiger charge is -2.01. The van der Waals surface area contributed by atoms with Gasteiger partial charge in [0.05, 0.1) is 0 Å². The fourth-order valence-electron chi connectivity index (χ4n) is 5.89. The maximum atomic E-state index is 2.35. The molecule has 4 heteroatoms. The summed E-state index contributed by atoms with van der Waals surface area (Å²) in [5, 5.41) is 5.26. The summed E-state index contributed by atoms with van der Waals surface area (Å²) in [7, 11) is 4.31. The molecule has 4 aromatic heterocycles. The number of para-hydroxylation sites is 2. The zero-order chi connectivity index (χ0) is 25.4. The number of aryl methyl sites for hydroxylation is 2. The monoisotopic (exact) mass is 524 g/mol. The Bertz CT molecular complexity index is 2010. The Balaban J connectivity index is 1.16. The van der Waals surface area contributed by atoms with Crippen molar-refractivity contribution in [3.8, 4) is 30.6 Å². The molecule has 0 spiro atoms. The van der Waals surface area contributed by atoms with Crippen molar-refractivity contribution in [2.45, 2.75) is 0 Å². The second-order valence-corrected chi connectivity index (χ2v) is 12.1. The third kappa shape index (κ3) is 3.17. The molecule has 38 heavy (non-hydrogen) atoms. The molecule has 0 saturated carbocycles. The van der Waals surface area contributed by atoms with Gasteiger partial charge in [0, 0.05) is 77.2 Å². The third-order valence-electron chi connectivity index (χ3n) is 7.85. The molecule has 4 heterocycles. The van der Waals surface area contributed by atoms with Crippen molar-refractivity contribution in [3.05, 3.63) is 109 Å². The minimum absolute atomic E-state index is 1.28. The summed E-state index contributed by atoms with van der Waals surface area (Å²) in [6.45, 7) is 0. The molecule has 182 valence electrons. The van der Waals surface area contributed by atoms with Crippen LogP contribution in [0.3, 0.4) is 0 Å². The van der Waals surface area contributed by atoms with E-state index >= 15 is 0 Å². The van der Waals surface area contributed by atoms with E-state index in [9.17, 15) is 0 Å². The Kier molecular flexibility index (Phi) is 4.72. The number of nitrogens with zero attached hydrogens (tertiary/aromatic N) is 2. The van der Waals surface area contributed by atoms with E-state index in [1.54, 1.807) is 0 Å². The van der Waals surface area contributed by atoms with E-state index in [-0.39, 0.29) is 0 Å². The minimum Gasteiger partial charge on any atom is -0.344 e. The van der Waals surface area contributed by atoms with E-state index in [1.807, 2.05) is 22.7 Å². The number of thiophene rings is 2. The van der Waals surface area contributed by atoms with Crippen LogP contribution in [0.15, 0.2) is 109 Å². The molecule has 0 aliphatic rings. The average Bonchev–Trinajstić information content (AvgIpc) is 3.75. The molecule has 0 bridgehead atoms. The molecule has 2 nitrogen and oxygen atoms in total. The van der Waals surface area contributed by atoms with E-state index in [2.05, 4.69) is 132 Å². The summed E-state index contributed by atoms with van der Waals surface area (Å²) >= 11 is 3.75. The van der Waals surface area contributed by atoms with Crippen LogP contribution in [0.2, 0.25) is 0 Å². The van der Waals surface area contributed by atoms with Crippen LogP contribution in [0.25, 0.3) is 74.2 Å². The summed E-state index contributed by atoms with van der Waals surface area (Å²) in [4.78, 5) is 5.25. The Morgan fingerprint density at radius 1 is 0.395 bits per heavy atom. The normalized spacial score (nSPS) is 11.9. The SMILES string of the molecule is Cn1c2ccccc2c2cc(-c3ccc(-c4ccc(-c5ccc6c(c5)c5ccccc5n6C)s4)s3)ccc21. The average molecular weight is 525 g/mol. The van der Waals surface area contributed by atoms with Crippen LogP contribution in [0, 0.1) is 0 Å². The summed E-state index contributed by atoms with van der Waals surface area (Å²) in [6, 6.07) is 40.2. The molecule has 0 aliphatic carbocycles. The molecule has 0 radical (unpaired) electrons. The quantitative estimate of drug-likeness (QED) is 0.218. The zero-order valence-electron chi connectivity index (χ0n) is 21.1. The van der Waals surface area contributed by atoms with Crippen LogP contribution in [0.4, 0.5) is 0 Å². The summed E-state index contributed by atoms with van der Waals surface area (Å²) < 4.78 is 4.58. The number of fused-ring (bicyclic) bond motifs is 6. The van der Waals surface area contributed by atoms with E-state index in [0.717, 1.165) is 0 Å². The molecule has 0 amide bonds. The van der Waals surface area contributed by atoms with Gasteiger partial charge < -0.3 is 9.13 Å². The van der Waals surface area contributed by atoms with Crippen LogP contribution in [-0.4, -0.2) is 9.13 Å². The van der Waals surface area contributed by atoms with Crippen LogP contribution in [0.5, 0.6) is 0 Å². The molecular formula is C34H24N2S2. The van der Waals surface area contributed by atoms with Crippen molar-refractivity contribution in [2.24, 2.45) is 14.1 Å². The Labute approximate surface area is 228 Å². The number of hydrogen-bond acceptors (Lipinski definition) is 2. The van der Waals surface area contributed by atoms with E-state index in [4.69, 9.17) is 0 Å². The predicted octanol–water partition coefficient (Wildman–Crippen LogP) is 10.1. The molecule has 4 aromatic carbocycles. The molecule has 8 rings (SSSR count). The van der Waals surface area contributed by atoms with Gasteiger partial charge in [-0.2, -0.15) is 0 Å². The predicted molar refractivity (Wildman–Crippen MR) is 166 cm³/mol. The molecule has 0 fully saturated rings. The van der Waals surface area contributed by atoms with Crippen molar-refractivity contribution in [3.63, 3.8) is 0 Å². The zero-order valence-corrected chi connectivity index (χ0v) is 22.7. The van der Waals surface area contributed by atoms with Gasteiger partial charge in [-0.05, 0) is 71.8 Å². The number of hydrogen-bond donors (Lipinski definition) is 0. The largest absolute Gasteiger partial charge is 0.344 e. The van der Waals surface area contributed by atoms with Gasteiger partial charge in [-0.15, -0.1) is 22.7 Å². The van der Waals surface area contributed by atoms with Crippen molar-refractivity contribution in [1.29, 1.82) is 0 Å². The van der Waals surface area contributed by atoms with Gasteiger partial charge in [0.15, 0.2) is 0 Å². The van der Waals surface area contributed by atoms with Crippen molar-refractivity contribution < 1.29 is 0 Å².